The molecule has 0 spiro atoms. The summed E-state index contributed by atoms with van der Waals surface area (Å²) in [6, 6.07) is 10.9. The van der Waals surface area contributed by atoms with Crippen molar-refractivity contribution >= 4 is 46.4 Å². The molecule has 114 valence electrons. The van der Waals surface area contributed by atoms with Crippen LogP contribution >= 0.6 is 0 Å². The zero-order valence-corrected chi connectivity index (χ0v) is 17.8. The maximum absolute atomic E-state index is 4.39. The summed E-state index contributed by atoms with van der Waals surface area (Å²) in [6.45, 7) is 7.34. The average molecular weight is 418 g/mol. The molecule has 1 unspecified atom stereocenters. The second-order valence-corrected chi connectivity index (χ2v) is 9.82. The van der Waals surface area contributed by atoms with Gasteiger partial charge in [-0.1, -0.05) is 13.8 Å². The molecule has 4 heteroatoms. The monoisotopic (exact) mass is 419 g/mol. The molecule has 1 N–H and O–H groups in total. The average Bonchev–Trinajstić information content (AvgIpc) is 2.46. The van der Waals surface area contributed by atoms with Gasteiger partial charge in [0, 0.05) is 0 Å². The Bertz CT molecular complexity index is 268. The molecule has 0 amide bonds. The Hall–Kier alpha value is 0.679. The number of nitrogens with one attached hydrogen (secondary N) is 1. The van der Waals surface area contributed by atoms with Crippen molar-refractivity contribution in [1.29, 1.82) is 0 Å². The van der Waals surface area contributed by atoms with Gasteiger partial charge in [0.05, 0.1) is 0 Å². The molecule has 1 aromatic rings. The molecule has 20 heavy (non-hydrogen) atoms. The molecule has 0 saturated heterocycles. The van der Waals surface area contributed by atoms with E-state index in [2.05, 4.69) is 67.8 Å². The van der Waals surface area contributed by atoms with Gasteiger partial charge in [0.1, 0.15) is 0 Å². The van der Waals surface area contributed by atoms with E-state index in [0.717, 1.165) is 24.0 Å². The number of hydrogen-bond donors (Lipinski definition) is 1. The molecule has 1 atom stereocenters. The van der Waals surface area contributed by atoms with Crippen molar-refractivity contribution in [1.82, 2.24) is 5.32 Å². The minimum atomic E-state index is -0.0876. The van der Waals surface area contributed by atoms with Gasteiger partial charge in [-0.3, -0.25) is 0 Å². The molecule has 0 aliphatic heterocycles. The number of likely N-dealkylation sites (N-methyl/N-ethyl adjacent to an activating group) is 1. The van der Waals surface area contributed by atoms with Crippen molar-refractivity contribution < 1.29 is 0 Å². The zero-order chi connectivity index (χ0) is 15.6. The number of hydrogen-bond acceptors (Lipinski definition) is 3. The molecule has 1 aromatic carbocycles. The van der Waals surface area contributed by atoms with Crippen LogP contribution in [0.5, 0.6) is 0 Å². The molecule has 0 bridgehead atoms. The van der Waals surface area contributed by atoms with Gasteiger partial charge in [-0.05, 0) is 0 Å². The summed E-state index contributed by atoms with van der Waals surface area (Å²) in [4.78, 5) is 0. The summed E-state index contributed by atoms with van der Waals surface area (Å²) in [6.07, 6.45) is 0. The van der Waals surface area contributed by atoms with Crippen LogP contribution in [0.2, 0.25) is 8.87 Å². The number of rotatable bonds is 6. The summed E-state index contributed by atoms with van der Waals surface area (Å²) < 4.78 is 2.92. The Kier molecular flexibility index (Phi) is 22.6. The fraction of sp³-hybridized carbons (Fsp3) is 0.625. The normalized spacial score (nSPS) is 10.3. The quantitative estimate of drug-likeness (QED) is 0.560. The first kappa shape index (κ1) is 23.0. The van der Waals surface area contributed by atoms with Crippen LogP contribution < -0.4 is 5.32 Å². The van der Waals surface area contributed by atoms with E-state index < -0.39 is 0 Å². The van der Waals surface area contributed by atoms with Gasteiger partial charge in [0.25, 0.3) is 0 Å². The summed E-state index contributed by atoms with van der Waals surface area (Å²) >= 11 is 8.70. The Morgan fingerprint density at radius 1 is 1.05 bits per heavy atom. The predicted molar refractivity (Wildman–Crippen MR) is 100.0 cm³/mol. The first-order valence-corrected chi connectivity index (χ1v) is 12.5. The summed E-state index contributed by atoms with van der Waals surface area (Å²) in [5.74, 6) is 2.42. The van der Waals surface area contributed by atoms with Crippen molar-refractivity contribution in [3.8, 4) is 0 Å². The minimum absolute atomic E-state index is 0.0876. The third-order valence-corrected chi connectivity index (χ3v) is 6.02. The van der Waals surface area contributed by atoms with E-state index in [4.69, 9.17) is 0 Å². The van der Waals surface area contributed by atoms with E-state index in [9.17, 15) is 0 Å². The van der Waals surface area contributed by atoms with Crippen LogP contribution in [0, 0.1) is 0 Å². The van der Waals surface area contributed by atoms with E-state index in [0.29, 0.717) is 0 Å². The third-order valence-electron chi connectivity index (χ3n) is 2.36. The van der Waals surface area contributed by atoms with Crippen LogP contribution in [0.4, 0.5) is 0 Å². The van der Waals surface area contributed by atoms with Gasteiger partial charge in [-0.15, -0.1) is 0 Å². The SMILES string of the molecule is CC[S-].CC[S-].C[CH2][Sn+2][CH2]C(CNC)c1ccccc1. The second-order valence-electron chi connectivity index (χ2n) is 4.05. The Labute approximate surface area is 147 Å². The molecule has 1 nitrogen and oxygen atoms in total. The fourth-order valence-corrected chi connectivity index (χ4v) is 4.50. The van der Waals surface area contributed by atoms with Crippen molar-refractivity contribution in [2.24, 2.45) is 0 Å². The van der Waals surface area contributed by atoms with Gasteiger partial charge in [0.15, 0.2) is 0 Å². The van der Waals surface area contributed by atoms with E-state index in [1.165, 1.54) is 14.4 Å². The van der Waals surface area contributed by atoms with Crippen LogP contribution in [0.3, 0.4) is 0 Å². The van der Waals surface area contributed by atoms with E-state index in [1.807, 2.05) is 20.9 Å². The van der Waals surface area contributed by atoms with Gasteiger partial charge >= 0.3 is 97.7 Å². The van der Waals surface area contributed by atoms with Crippen molar-refractivity contribution in [2.75, 3.05) is 25.1 Å². The third kappa shape index (κ3) is 15.1. The van der Waals surface area contributed by atoms with Crippen LogP contribution in [0.15, 0.2) is 30.3 Å². The van der Waals surface area contributed by atoms with Crippen LogP contribution in [-0.4, -0.2) is 46.2 Å². The zero-order valence-electron chi connectivity index (χ0n) is 13.3. The molecule has 0 aromatic heterocycles. The van der Waals surface area contributed by atoms with Crippen LogP contribution in [0.1, 0.15) is 32.3 Å². The fourth-order valence-electron chi connectivity index (χ4n) is 1.60. The molecule has 0 saturated carbocycles. The van der Waals surface area contributed by atoms with E-state index >= 15 is 0 Å². The first-order valence-electron chi connectivity index (χ1n) is 7.28. The van der Waals surface area contributed by atoms with Crippen LogP contribution in [0.25, 0.3) is 0 Å². The Balaban J connectivity index is 0. The van der Waals surface area contributed by atoms with Crippen molar-refractivity contribution in [2.45, 2.75) is 35.6 Å². The number of benzene rings is 1. The van der Waals surface area contributed by atoms with Gasteiger partial charge < -0.3 is 25.3 Å². The van der Waals surface area contributed by atoms with Crippen LogP contribution in [-0.2, 0) is 25.3 Å². The summed E-state index contributed by atoms with van der Waals surface area (Å²) in [7, 11) is 2.05. The Morgan fingerprint density at radius 3 is 1.95 bits per heavy atom. The molecule has 0 heterocycles. The molecular weight excluding hydrogens is 389 g/mol. The first-order chi connectivity index (χ1) is 9.71. The molecular formula is C16H29NS2Sn. The standard InChI is InChI=1S/C10H14N.2C2H6S.C2H5.Sn/c1-9(8-11-2)10-6-4-3-5-7-10;2*1-2-3;1-2;/h3-7,9,11H,1,8H2,2H3;2*3H,2H2,1H3;1H2,2H3;/q;;;;+2/p-2. The molecule has 0 aliphatic rings. The molecule has 1 rings (SSSR count). The van der Waals surface area contributed by atoms with Gasteiger partial charge in [-0.25, -0.2) is 0 Å². The second kappa shape index (κ2) is 19.7. The van der Waals surface area contributed by atoms with Gasteiger partial charge in [0.2, 0.25) is 0 Å². The maximum atomic E-state index is 4.39. The predicted octanol–water partition coefficient (Wildman–Crippen LogP) is 3.66. The summed E-state index contributed by atoms with van der Waals surface area (Å²) in [5.41, 5.74) is 1.51. The molecule has 0 radical (unpaired) electrons. The van der Waals surface area contributed by atoms with Gasteiger partial charge in [-0.2, -0.15) is 11.5 Å². The molecule has 0 aliphatic carbocycles. The van der Waals surface area contributed by atoms with E-state index in [1.54, 1.807) is 0 Å². The van der Waals surface area contributed by atoms with Crippen molar-refractivity contribution in [3.05, 3.63) is 35.9 Å². The summed E-state index contributed by atoms with van der Waals surface area (Å²) in [5, 5.41) is 3.30. The molecule has 0 fully saturated rings. The van der Waals surface area contributed by atoms with E-state index in [-0.39, 0.29) is 21.1 Å². The Morgan fingerprint density at radius 2 is 1.55 bits per heavy atom. The van der Waals surface area contributed by atoms with Crippen molar-refractivity contribution in [3.63, 3.8) is 0 Å². The topological polar surface area (TPSA) is 12.0 Å².